The second-order valence-electron chi connectivity index (χ2n) is 5.75. The molecular formula is C18H25NO4. The number of ether oxygens (including phenoxy) is 2. The maximum absolute atomic E-state index is 11.9. The number of amides is 1. The highest BCUT2D eigenvalue weighted by Crippen LogP contribution is 2.24. The number of nitrogens with one attached hydrogen (secondary N) is 1. The van der Waals surface area contributed by atoms with E-state index >= 15 is 0 Å². The van der Waals surface area contributed by atoms with Gasteiger partial charge in [-0.15, -0.1) is 0 Å². The van der Waals surface area contributed by atoms with Gasteiger partial charge in [-0.2, -0.15) is 0 Å². The number of Topliss-reactive ketones (excluding diaryl/α,β-unsaturated/α-hetero) is 1. The quantitative estimate of drug-likeness (QED) is 0.779. The predicted molar refractivity (Wildman–Crippen MR) is 87.6 cm³/mol. The van der Waals surface area contributed by atoms with Crippen LogP contribution in [-0.2, 0) is 16.0 Å². The molecule has 1 amide bonds. The average Bonchev–Trinajstić information content (AvgIpc) is 2.55. The Morgan fingerprint density at radius 1 is 1.35 bits per heavy atom. The van der Waals surface area contributed by atoms with Gasteiger partial charge in [-0.05, 0) is 43.9 Å². The van der Waals surface area contributed by atoms with Gasteiger partial charge in [-0.1, -0.05) is 18.6 Å². The molecule has 0 saturated heterocycles. The summed E-state index contributed by atoms with van der Waals surface area (Å²) in [6.45, 7) is 2.91. The fraction of sp³-hybridized carbons (Fsp3) is 0.556. The molecule has 1 aromatic carbocycles. The first-order chi connectivity index (χ1) is 11.2. The molecular weight excluding hydrogens is 308 g/mol. The minimum atomic E-state index is -0.427. The predicted octanol–water partition coefficient (Wildman–Crippen LogP) is 3.11. The lowest BCUT2D eigenvalue weighted by Gasteiger charge is -2.20. The van der Waals surface area contributed by atoms with E-state index in [1.807, 2.05) is 24.3 Å². The SMILES string of the molecule is CCOC(=O)NCCO[14c]1[14cH][14cH][14c]([14CH2]C2CCCCC2=O)[14cH][14cH]1. The summed E-state index contributed by atoms with van der Waals surface area (Å²) in [6.07, 6.45) is 4.34. The van der Waals surface area contributed by atoms with Gasteiger partial charge < -0.3 is 14.8 Å². The van der Waals surface area contributed by atoms with E-state index in [0.717, 1.165) is 37.9 Å². The highest BCUT2D eigenvalue weighted by atomic mass is 16.7. The van der Waals surface area contributed by atoms with Crippen LogP contribution in [0.15, 0.2) is 24.3 Å². The second-order valence-corrected chi connectivity index (χ2v) is 5.75. The van der Waals surface area contributed by atoms with Crippen LogP contribution in [0, 0.1) is 5.92 Å². The van der Waals surface area contributed by atoms with Gasteiger partial charge in [0.1, 0.15) is 18.1 Å². The van der Waals surface area contributed by atoms with E-state index in [1.54, 1.807) is 6.92 Å². The standard InChI is InChI=1S/C18H25NO4/c1-2-22-18(21)19-11-12-23-16-9-7-14(8-10-16)13-15-5-3-4-6-17(15)20/h7-10,15H,2-6,11-13H2,1H3,(H,19,21)/i7+2,8+2,9+2,10+2,13+2,14+2,16+2. The van der Waals surface area contributed by atoms with Crippen molar-refractivity contribution in [3.63, 3.8) is 0 Å². The monoisotopic (exact) mass is 333 g/mol. The molecule has 1 atom stereocenters. The number of carbonyl (C=O) groups is 2. The van der Waals surface area contributed by atoms with Crippen LogP contribution < -0.4 is 10.1 Å². The van der Waals surface area contributed by atoms with Gasteiger partial charge in [-0.25, -0.2) is 4.79 Å². The summed E-state index contributed by atoms with van der Waals surface area (Å²) in [5.41, 5.74) is 1.17. The molecule has 0 heterocycles. The van der Waals surface area contributed by atoms with Gasteiger partial charge >= 0.3 is 6.09 Å². The van der Waals surface area contributed by atoms with Gasteiger partial charge in [0.15, 0.2) is 0 Å². The molecule has 0 bridgehead atoms. The van der Waals surface area contributed by atoms with Crippen LogP contribution in [-0.4, -0.2) is 31.6 Å². The van der Waals surface area contributed by atoms with Crippen molar-refractivity contribution in [3.05, 3.63) is 29.8 Å². The fourth-order valence-corrected chi connectivity index (χ4v) is 2.78. The zero-order chi connectivity index (χ0) is 16.5. The van der Waals surface area contributed by atoms with Crippen LogP contribution in [0.4, 0.5) is 4.79 Å². The van der Waals surface area contributed by atoms with E-state index < -0.39 is 6.09 Å². The van der Waals surface area contributed by atoms with E-state index in [0.29, 0.717) is 25.5 Å². The van der Waals surface area contributed by atoms with Crippen LogP contribution in [0.25, 0.3) is 0 Å². The normalized spacial score (nSPS) is 17.6. The van der Waals surface area contributed by atoms with E-state index in [4.69, 9.17) is 9.47 Å². The third-order valence-electron chi connectivity index (χ3n) is 4.00. The Bertz CT molecular complexity index is 512. The highest BCUT2D eigenvalue weighted by Gasteiger charge is 2.22. The Hall–Kier alpha value is -2.04. The maximum atomic E-state index is 11.9. The van der Waals surface area contributed by atoms with Crippen molar-refractivity contribution in [1.29, 1.82) is 0 Å². The molecule has 1 fully saturated rings. The summed E-state index contributed by atoms with van der Waals surface area (Å²) in [5, 5.41) is 2.60. The van der Waals surface area contributed by atoms with Crippen LogP contribution >= 0.6 is 0 Å². The minimum Gasteiger partial charge on any atom is -0.492 e. The zero-order valence-electron chi connectivity index (χ0n) is 13.7. The summed E-state index contributed by atoms with van der Waals surface area (Å²) in [4.78, 5) is 23.0. The molecule has 126 valence electrons. The average molecular weight is 333 g/mol. The summed E-state index contributed by atoms with van der Waals surface area (Å²) in [7, 11) is 0. The molecule has 1 unspecified atom stereocenters. The van der Waals surface area contributed by atoms with Gasteiger partial charge in [-0.3, -0.25) is 4.79 Å². The minimum absolute atomic E-state index is 0.185. The first-order valence-electron chi connectivity index (χ1n) is 8.34. The Morgan fingerprint density at radius 3 is 2.83 bits per heavy atom. The molecule has 0 spiro atoms. The first kappa shape index (κ1) is 17.3. The van der Waals surface area contributed by atoms with Crippen molar-refractivity contribution in [1.82, 2.24) is 5.32 Å². The molecule has 1 aromatic rings. The maximum Gasteiger partial charge on any atom is 0.407 e. The molecule has 23 heavy (non-hydrogen) atoms. The molecule has 2 rings (SSSR count). The lowest BCUT2D eigenvalue weighted by atomic mass is 9.95. The second kappa shape index (κ2) is 9.18. The number of alkyl carbamates (subject to hydrolysis) is 1. The highest BCUT2D eigenvalue weighted by molar-refractivity contribution is 5.81. The Kier molecular flexibility index (Phi) is 6.91. The van der Waals surface area contributed by atoms with Crippen molar-refractivity contribution in [3.8, 4) is 5.75 Å². The Morgan fingerprint density at radius 2 is 2.13 bits per heavy atom. The van der Waals surface area contributed by atoms with E-state index in [9.17, 15) is 9.59 Å². The van der Waals surface area contributed by atoms with E-state index in [2.05, 4.69) is 5.32 Å². The third kappa shape index (κ3) is 5.93. The number of benzene rings is 1. The number of hydrogen-bond acceptors (Lipinski definition) is 4. The molecule has 0 aliphatic heterocycles. The van der Waals surface area contributed by atoms with Crippen LogP contribution in [0.5, 0.6) is 5.75 Å². The number of hydrogen-bond donors (Lipinski definition) is 1. The number of carbonyl (C=O) groups excluding carboxylic acids is 2. The number of rotatable bonds is 7. The largest absolute Gasteiger partial charge is 0.492 e. The van der Waals surface area contributed by atoms with Gasteiger partial charge in [0, 0.05) is 12.3 Å². The first-order valence-corrected chi connectivity index (χ1v) is 8.34. The summed E-state index contributed by atoms with van der Waals surface area (Å²) in [6, 6.07) is 7.84. The molecule has 1 saturated carbocycles. The van der Waals surface area contributed by atoms with Crippen LogP contribution in [0.2, 0.25) is 0 Å². The molecule has 1 aliphatic carbocycles. The van der Waals surface area contributed by atoms with Crippen LogP contribution in [0.3, 0.4) is 0 Å². The van der Waals surface area contributed by atoms with Gasteiger partial charge in [0.25, 0.3) is 0 Å². The van der Waals surface area contributed by atoms with E-state index in [-0.39, 0.29) is 5.92 Å². The van der Waals surface area contributed by atoms with E-state index in [1.165, 1.54) is 5.56 Å². The van der Waals surface area contributed by atoms with Crippen molar-refractivity contribution >= 4 is 11.9 Å². The molecule has 5 nitrogen and oxygen atoms in total. The summed E-state index contributed by atoms with van der Waals surface area (Å²) in [5.74, 6) is 1.35. The van der Waals surface area contributed by atoms with Crippen LogP contribution in [0.1, 0.15) is 38.2 Å². The zero-order valence-corrected chi connectivity index (χ0v) is 13.7. The Balaban J connectivity index is 1.71. The fourth-order valence-electron chi connectivity index (χ4n) is 2.78. The molecule has 1 aliphatic rings. The molecule has 0 radical (unpaired) electrons. The Labute approximate surface area is 137 Å². The third-order valence-corrected chi connectivity index (χ3v) is 4.00. The molecule has 0 aromatic heterocycles. The lowest BCUT2D eigenvalue weighted by Crippen LogP contribution is -2.28. The number of ketones is 1. The lowest BCUT2D eigenvalue weighted by molar-refractivity contribution is -0.124. The topological polar surface area (TPSA) is 64.6 Å². The molecule has 1 N–H and O–H groups in total. The summed E-state index contributed by atoms with van der Waals surface area (Å²) < 4.78 is 10.3. The van der Waals surface area contributed by atoms with Gasteiger partial charge in [0.05, 0.1) is 13.2 Å². The van der Waals surface area contributed by atoms with Crippen molar-refractivity contribution < 1.29 is 19.1 Å². The van der Waals surface area contributed by atoms with Crippen molar-refractivity contribution in [2.24, 2.45) is 5.92 Å². The smallest absolute Gasteiger partial charge is 0.407 e. The van der Waals surface area contributed by atoms with Crippen molar-refractivity contribution in [2.45, 2.75) is 39.0 Å². The molecule has 5 heteroatoms. The van der Waals surface area contributed by atoms with Crippen molar-refractivity contribution in [2.75, 3.05) is 19.8 Å². The van der Waals surface area contributed by atoms with Gasteiger partial charge in [0.2, 0.25) is 0 Å². The summed E-state index contributed by atoms with van der Waals surface area (Å²) >= 11 is 0.